The van der Waals surface area contributed by atoms with Gasteiger partial charge < -0.3 is 9.47 Å². The molecule has 0 saturated heterocycles. The number of hydrogen-bond acceptors (Lipinski definition) is 2. The van der Waals surface area contributed by atoms with Crippen LogP contribution >= 0.6 is 11.3 Å². The summed E-state index contributed by atoms with van der Waals surface area (Å²) in [4.78, 5) is 2.36. The third kappa shape index (κ3) is 5.88. The summed E-state index contributed by atoms with van der Waals surface area (Å²) in [7, 11) is 0. The Labute approximate surface area is 335 Å². The van der Waals surface area contributed by atoms with Crippen molar-refractivity contribution in [2.45, 2.75) is 0 Å². The van der Waals surface area contributed by atoms with E-state index in [1.54, 1.807) is 0 Å². The van der Waals surface area contributed by atoms with Crippen LogP contribution in [0.1, 0.15) is 0 Å². The van der Waals surface area contributed by atoms with E-state index in [-0.39, 0.29) is 0 Å². The Morgan fingerprint density at radius 1 is 0.298 bits per heavy atom. The summed E-state index contributed by atoms with van der Waals surface area (Å²) in [5.74, 6) is 0. The van der Waals surface area contributed by atoms with E-state index < -0.39 is 0 Å². The normalized spacial score (nSPS) is 11.5. The topological polar surface area (TPSA) is 8.17 Å². The number of para-hydroxylation sites is 4. The predicted molar refractivity (Wildman–Crippen MR) is 245 cm³/mol. The quantitative estimate of drug-likeness (QED) is 0.158. The Bertz CT molecular complexity index is 3180. The SMILES string of the molecule is c1ccc(N(c2ccccc2)c2cc(-c3ccc(-c4ccc5c(c4)c4ccccc4n5-c4ccccc4)cc3)cc(-c3ccc4sc5ccccc5c4c3)c2)cc1. The summed E-state index contributed by atoms with van der Waals surface area (Å²) in [6.07, 6.45) is 0. The molecule has 0 N–H and O–H groups in total. The zero-order valence-electron chi connectivity index (χ0n) is 31.1. The van der Waals surface area contributed by atoms with Gasteiger partial charge in [-0.2, -0.15) is 0 Å². The van der Waals surface area contributed by atoms with Crippen LogP contribution in [0.15, 0.2) is 218 Å². The highest BCUT2D eigenvalue weighted by atomic mass is 32.1. The maximum Gasteiger partial charge on any atom is 0.0541 e. The van der Waals surface area contributed by atoms with Gasteiger partial charge in [0, 0.05) is 53.7 Å². The van der Waals surface area contributed by atoms with Gasteiger partial charge in [-0.25, -0.2) is 0 Å². The second kappa shape index (κ2) is 13.8. The van der Waals surface area contributed by atoms with Crippen LogP contribution in [0.25, 0.3) is 81.0 Å². The molecule has 2 nitrogen and oxygen atoms in total. The molecule has 0 spiro atoms. The third-order valence-corrected chi connectivity index (χ3v) is 12.3. The number of thiophene rings is 1. The van der Waals surface area contributed by atoms with Crippen molar-refractivity contribution in [3.8, 4) is 39.1 Å². The highest BCUT2D eigenvalue weighted by molar-refractivity contribution is 7.25. The minimum atomic E-state index is 1.11. The Hall–Kier alpha value is -7.20. The van der Waals surface area contributed by atoms with E-state index in [2.05, 4.69) is 228 Å². The van der Waals surface area contributed by atoms with Crippen molar-refractivity contribution in [1.82, 2.24) is 4.57 Å². The van der Waals surface area contributed by atoms with E-state index in [4.69, 9.17) is 0 Å². The largest absolute Gasteiger partial charge is 0.310 e. The number of benzene rings is 9. The highest BCUT2D eigenvalue weighted by Crippen LogP contribution is 2.42. The zero-order chi connectivity index (χ0) is 37.7. The van der Waals surface area contributed by atoms with Crippen LogP contribution in [-0.4, -0.2) is 4.57 Å². The predicted octanol–water partition coefficient (Wildman–Crippen LogP) is 15.6. The van der Waals surface area contributed by atoms with Crippen molar-refractivity contribution in [1.29, 1.82) is 0 Å². The summed E-state index contributed by atoms with van der Waals surface area (Å²) >= 11 is 1.86. The van der Waals surface area contributed by atoms with Gasteiger partial charge >= 0.3 is 0 Å². The number of fused-ring (bicyclic) bond motifs is 6. The van der Waals surface area contributed by atoms with Crippen LogP contribution in [0.5, 0.6) is 0 Å². The molecule has 0 amide bonds. The van der Waals surface area contributed by atoms with Gasteiger partial charge in [0.2, 0.25) is 0 Å². The van der Waals surface area contributed by atoms with E-state index in [0.29, 0.717) is 0 Å². The fraction of sp³-hybridized carbons (Fsp3) is 0. The van der Waals surface area contributed by atoms with Gasteiger partial charge in [-0.3, -0.25) is 0 Å². The van der Waals surface area contributed by atoms with Crippen LogP contribution in [0.2, 0.25) is 0 Å². The summed E-state index contributed by atoms with van der Waals surface area (Å²) < 4.78 is 5.00. The van der Waals surface area contributed by atoms with Gasteiger partial charge in [0.05, 0.1) is 11.0 Å². The minimum Gasteiger partial charge on any atom is -0.310 e. The maximum absolute atomic E-state index is 2.38. The van der Waals surface area contributed by atoms with E-state index in [0.717, 1.165) is 17.1 Å². The second-order valence-electron chi connectivity index (χ2n) is 14.6. The molecule has 0 fully saturated rings. The monoisotopic (exact) mass is 744 g/mol. The third-order valence-electron chi connectivity index (χ3n) is 11.2. The first-order chi connectivity index (χ1) is 28.2. The van der Waals surface area contributed by atoms with Gasteiger partial charge in [-0.1, -0.05) is 127 Å². The molecule has 0 atom stereocenters. The average molecular weight is 745 g/mol. The number of rotatable bonds is 7. The number of nitrogens with zero attached hydrogens (tertiary/aromatic N) is 2. The molecule has 3 heteroatoms. The Kier molecular flexibility index (Phi) is 8.04. The molecule has 11 aromatic rings. The van der Waals surface area contributed by atoms with Crippen LogP contribution in [-0.2, 0) is 0 Å². The van der Waals surface area contributed by atoms with Crippen LogP contribution < -0.4 is 4.90 Å². The van der Waals surface area contributed by atoms with Crippen molar-refractivity contribution in [3.63, 3.8) is 0 Å². The molecule has 0 radical (unpaired) electrons. The van der Waals surface area contributed by atoms with Gasteiger partial charge in [-0.15, -0.1) is 11.3 Å². The molecule has 57 heavy (non-hydrogen) atoms. The zero-order valence-corrected chi connectivity index (χ0v) is 31.9. The lowest BCUT2D eigenvalue weighted by molar-refractivity contribution is 1.18. The van der Waals surface area contributed by atoms with E-state index in [1.165, 1.54) is 81.0 Å². The van der Waals surface area contributed by atoms with E-state index in [1.807, 2.05) is 11.3 Å². The molecule has 11 rings (SSSR count). The molecule has 268 valence electrons. The van der Waals surface area contributed by atoms with Gasteiger partial charge in [0.25, 0.3) is 0 Å². The Morgan fingerprint density at radius 2 is 0.789 bits per heavy atom. The second-order valence-corrected chi connectivity index (χ2v) is 15.7. The fourth-order valence-corrected chi connectivity index (χ4v) is 9.53. The molecule has 0 aliphatic carbocycles. The van der Waals surface area contributed by atoms with E-state index in [9.17, 15) is 0 Å². The van der Waals surface area contributed by atoms with Crippen molar-refractivity contribution in [2.75, 3.05) is 4.90 Å². The Balaban J connectivity index is 1.04. The molecule has 2 aromatic heterocycles. The molecular formula is C54H36N2S. The lowest BCUT2D eigenvalue weighted by Crippen LogP contribution is -2.10. The van der Waals surface area contributed by atoms with Crippen LogP contribution in [0.4, 0.5) is 17.1 Å². The molecule has 0 unspecified atom stereocenters. The molecule has 2 heterocycles. The maximum atomic E-state index is 2.38. The van der Waals surface area contributed by atoms with Crippen LogP contribution in [0.3, 0.4) is 0 Å². The number of aromatic nitrogens is 1. The van der Waals surface area contributed by atoms with Gasteiger partial charge in [-0.05, 0) is 124 Å². The van der Waals surface area contributed by atoms with Crippen LogP contribution in [0, 0.1) is 0 Å². The lowest BCUT2D eigenvalue weighted by atomic mass is 9.95. The first-order valence-electron chi connectivity index (χ1n) is 19.4. The smallest absolute Gasteiger partial charge is 0.0541 e. The standard InChI is InChI=1S/C54H36N2S/c1-4-14-43(15-5-1)55(44-16-6-2-7-17-44)46-33-41(32-42(34-46)40-29-31-54-50(36-40)48-21-11-13-23-53(48)57-54)38-26-24-37(25-27-38)39-28-30-52-49(35-39)47-20-10-12-22-51(47)56(52)45-18-8-3-9-19-45/h1-36H. The summed E-state index contributed by atoms with van der Waals surface area (Å²) in [6, 6.07) is 79.4. The van der Waals surface area contributed by atoms with Crippen molar-refractivity contribution >= 4 is 70.4 Å². The van der Waals surface area contributed by atoms with Crippen molar-refractivity contribution < 1.29 is 0 Å². The average Bonchev–Trinajstić information content (AvgIpc) is 3.83. The van der Waals surface area contributed by atoms with Crippen molar-refractivity contribution in [3.05, 3.63) is 218 Å². The first kappa shape index (κ1) is 33.2. The molecule has 0 aliphatic heterocycles. The fourth-order valence-electron chi connectivity index (χ4n) is 8.44. The minimum absolute atomic E-state index is 1.11. The Morgan fingerprint density at radius 3 is 1.51 bits per heavy atom. The molecule has 0 aliphatic rings. The lowest BCUT2D eigenvalue weighted by Gasteiger charge is -2.27. The van der Waals surface area contributed by atoms with Gasteiger partial charge in [0.1, 0.15) is 0 Å². The highest BCUT2D eigenvalue weighted by Gasteiger charge is 2.17. The summed E-state index contributed by atoms with van der Waals surface area (Å²) in [5.41, 5.74) is 14.1. The molecular weight excluding hydrogens is 709 g/mol. The summed E-state index contributed by atoms with van der Waals surface area (Å²) in [6.45, 7) is 0. The first-order valence-corrected chi connectivity index (χ1v) is 20.2. The van der Waals surface area contributed by atoms with Crippen molar-refractivity contribution in [2.24, 2.45) is 0 Å². The number of hydrogen-bond donors (Lipinski definition) is 0. The van der Waals surface area contributed by atoms with Gasteiger partial charge in [0.15, 0.2) is 0 Å². The molecule has 0 saturated carbocycles. The summed E-state index contributed by atoms with van der Waals surface area (Å²) in [5, 5.41) is 5.13. The van der Waals surface area contributed by atoms with E-state index >= 15 is 0 Å². The molecule has 9 aromatic carbocycles. The number of anilines is 3. The molecule has 0 bridgehead atoms.